The topological polar surface area (TPSA) is 180 Å². The molecule has 0 aromatic heterocycles. The molecule has 5 atom stereocenters. The lowest BCUT2D eigenvalue weighted by Gasteiger charge is -2.27. The fourth-order valence-electron chi connectivity index (χ4n) is 3.97. The number of carboxylic acids is 1. The highest BCUT2D eigenvalue weighted by atomic mass is 16.4. The van der Waals surface area contributed by atoms with Crippen LogP contribution in [-0.2, 0) is 30.4 Å². The number of benzene rings is 1. The molecule has 0 aliphatic heterocycles. The number of carboxylic acid groups (broad SMARTS) is 1. The van der Waals surface area contributed by atoms with E-state index in [2.05, 4.69) is 21.3 Å². The van der Waals surface area contributed by atoms with Gasteiger partial charge in [0, 0.05) is 6.42 Å². The van der Waals surface area contributed by atoms with Gasteiger partial charge in [0.25, 0.3) is 0 Å². The van der Waals surface area contributed by atoms with Crippen molar-refractivity contribution in [2.45, 2.75) is 97.9 Å². The first-order valence-electron chi connectivity index (χ1n) is 13.9. The lowest BCUT2D eigenvalue weighted by molar-refractivity contribution is -0.142. The Labute approximate surface area is 237 Å². The quantitative estimate of drug-likeness (QED) is 0.176. The van der Waals surface area contributed by atoms with Crippen LogP contribution in [0.3, 0.4) is 0 Å². The summed E-state index contributed by atoms with van der Waals surface area (Å²) >= 11 is 0. The van der Waals surface area contributed by atoms with E-state index in [0.29, 0.717) is 0 Å². The molecule has 7 N–H and O–H groups in total. The minimum atomic E-state index is -1.19. The fourth-order valence-corrected chi connectivity index (χ4v) is 3.97. The Bertz CT molecular complexity index is 998. The van der Waals surface area contributed by atoms with Crippen LogP contribution in [0.2, 0.25) is 0 Å². The first kappa shape index (κ1) is 34.6. The van der Waals surface area contributed by atoms with Gasteiger partial charge in [-0.3, -0.25) is 19.2 Å². The minimum absolute atomic E-state index is 0.00647. The van der Waals surface area contributed by atoms with Crippen LogP contribution in [0.15, 0.2) is 30.3 Å². The van der Waals surface area contributed by atoms with Gasteiger partial charge in [0.05, 0.1) is 6.04 Å². The molecule has 0 fully saturated rings. The Morgan fingerprint density at radius 3 is 1.55 bits per heavy atom. The van der Waals surface area contributed by atoms with Crippen LogP contribution in [0.1, 0.15) is 66.9 Å². The molecule has 1 aromatic rings. The summed E-state index contributed by atoms with van der Waals surface area (Å²) in [5.41, 5.74) is 6.61. The number of amides is 4. The van der Waals surface area contributed by atoms with E-state index in [9.17, 15) is 29.1 Å². The Morgan fingerprint density at radius 2 is 1.12 bits per heavy atom. The SMILES string of the molecule is CC(C)C[C@H](NC(=O)[C@H](C)NC(=O)[C@@H](N)C(C)C)C(=O)N[C@@H](CC(C)C)C(=O)N[C@@H](Cc1ccccc1)C(=O)O. The molecule has 0 aliphatic rings. The third-order valence-corrected chi connectivity index (χ3v) is 6.35. The van der Waals surface area contributed by atoms with Crippen molar-refractivity contribution in [1.29, 1.82) is 0 Å². The predicted molar refractivity (Wildman–Crippen MR) is 153 cm³/mol. The summed E-state index contributed by atoms with van der Waals surface area (Å²) in [6, 6.07) is 4.02. The van der Waals surface area contributed by atoms with Crippen molar-refractivity contribution in [3.05, 3.63) is 35.9 Å². The van der Waals surface area contributed by atoms with Gasteiger partial charge in [-0.25, -0.2) is 4.79 Å². The number of hydrogen-bond acceptors (Lipinski definition) is 6. The van der Waals surface area contributed by atoms with Gasteiger partial charge in [-0.15, -0.1) is 0 Å². The Balaban J connectivity index is 3.00. The average molecular weight is 562 g/mol. The summed E-state index contributed by atoms with van der Waals surface area (Å²) in [7, 11) is 0. The zero-order chi connectivity index (χ0) is 30.6. The normalized spacial score (nSPS) is 15.1. The van der Waals surface area contributed by atoms with Gasteiger partial charge in [0.1, 0.15) is 24.2 Å². The second-order valence-corrected chi connectivity index (χ2v) is 11.5. The second kappa shape index (κ2) is 16.6. The van der Waals surface area contributed by atoms with E-state index < -0.39 is 59.8 Å². The molecule has 11 nitrogen and oxygen atoms in total. The van der Waals surface area contributed by atoms with Gasteiger partial charge in [0.15, 0.2) is 0 Å². The van der Waals surface area contributed by atoms with E-state index in [1.807, 2.05) is 33.8 Å². The van der Waals surface area contributed by atoms with Gasteiger partial charge in [-0.1, -0.05) is 71.9 Å². The van der Waals surface area contributed by atoms with Crippen molar-refractivity contribution in [3.8, 4) is 0 Å². The first-order valence-corrected chi connectivity index (χ1v) is 13.9. The molecule has 0 bridgehead atoms. The molecule has 0 spiro atoms. The molecule has 224 valence electrons. The molecule has 0 radical (unpaired) electrons. The maximum Gasteiger partial charge on any atom is 0.326 e. The summed E-state index contributed by atoms with van der Waals surface area (Å²) in [4.78, 5) is 63.6. The molecule has 11 heteroatoms. The van der Waals surface area contributed by atoms with Crippen LogP contribution in [0.4, 0.5) is 0 Å². The highest BCUT2D eigenvalue weighted by Gasteiger charge is 2.31. The summed E-state index contributed by atoms with van der Waals surface area (Å²) in [6.45, 7) is 12.6. The molecule has 0 aliphatic carbocycles. The largest absolute Gasteiger partial charge is 0.480 e. The van der Waals surface area contributed by atoms with Gasteiger partial charge >= 0.3 is 5.97 Å². The summed E-state index contributed by atoms with van der Waals surface area (Å²) in [6.07, 6.45) is 0.628. The summed E-state index contributed by atoms with van der Waals surface area (Å²) in [5, 5.41) is 20.2. The van der Waals surface area contributed by atoms with E-state index in [1.165, 1.54) is 6.92 Å². The minimum Gasteiger partial charge on any atom is -0.480 e. The van der Waals surface area contributed by atoms with Crippen LogP contribution in [-0.4, -0.2) is 64.9 Å². The molecule has 0 unspecified atom stereocenters. The first-order chi connectivity index (χ1) is 18.6. The maximum atomic E-state index is 13.3. The van der Waals surface area contributed by atoms with Crippen LogP contribution < -0.4 is 27.0 Å². The molecule has 4 amide bonds. The molecule has 0 heterocycles. The monoisotopic (exact) mass is 561 g/mol. The second-order valence-electron chi connectivity index (χ2n) is 11.5. The molecule has 0 saturated carbocycles. The lowest BCUT2D eigenvalue weighted by Crippen LogP contribution is -2.58. The fraction of sp³-hybridized carbons (Fsp3) is 0.621. The summed E-state index contributed by atoms with van der Waals surface area (Å²) < 4.78 is 0. The molecular weight excluding hydrogens is 514 g/mol. The van der Waals surface area contributed by atoms with Gasteiger partial charge in [-0.2, -0.15) is 0 Å². The van der Waals surface area contributed by atoms with Gasteiger partial charge in [0.2, 0.25) is 23.6 Å². The number of nitrogens with two attached hydrogens (primary N) is 1. The van der Waals surface area contributed by atoms with Crippen molar-refractivity contribution < 1.29 is 29.1 Å². The Hall–Kier alpha value is -3.47. The van der Waals surface area contributed by atoms with E-state index in [4.69, 9.17) is 5.73 Å². The van der Waals surface area contributed by atoms with Crippen molar-refractivity contribution in [1.82, 2.24) is 21.3 Å². The number of hydrogen-bond donors (Lipinski definition) is 6. The smallest absolute Gasteiger partial charge is 0.326 e. The highest BCUT2D eigenvalue weighted by Crippen LogP contribution is 2.11. The third kappa shape index (κ3) is 12.1. The maximum absolute atomic E-state index is 13.3. The predicted octanol–water partition coefficient (Wildman–Crippen LogP) is 1.35. The van der Waals surface area contributed by atoms with Crippen LogP contribution >= 0.6 is 0 Å². The van der Waals surface area contributed by atoms with Crippen molar-refractivity contribution in [2.24, 2.45) is 23.5 Å². The van der Waals surface area contributed by atoms with E-state index >= 15 is 0 Å². The van der Waals surface area contributed by atoms with Gasteiger partial charge < -0.3 is 32.1 Å². The number of carbonyl (C=O) groups excluding carboxylic acids is 4. The Morgan fingerprint density at radius 1 is 0.675 bits per heavy atom. The number of carbonyl (C=O) groups is 5. The molecule has 0 saturated heterocycles. The lowest BCUT2D eigenvalue weighted by atomic mass is 9.99. The van der Waals surface area contributed by atoms with E-state index in [0.717, 1.165) is 5.56 Å². The van der Waals surface area contributed by atoms with Crippen LogP contribution in [0.5, 0.6) is 0 Å². The van der Waals surface area contributed by atoms with E-state index in [1.54, 1.807) is 38.1 Å². The molecular formula is C29H47N5O6. The third-order valence-electron chi connectivity index (χ3n) is 6.35. The molecule has 1 rings (SSSR count). The number of nitrogens with one attached hydrogen (secondary N) is 4. The van der Waals surface area contributed by atoms with Crippen molar-refractivity contribution in [2.75, 3.05) is 0 Å². The molecule has 1 aromatic carbocycles. The van der Waals surface area contributed by atoms with Crippen LogP contribution in [0, 0.1) is 17.8 Å². The van der Waals surface area contributed by atoms with Crippen LogP contribution in [0.25, 0.3) is 0 Å². The van der Waals surface area contributed by atoms with Crippen molar-refractivity contribution >= 4 is 29.6 Å². The standard InChI is InChI=1S/C29H47N5O6/c1-16(2)13-21(32-25(35)19(7)31-28(38)24(30)18(5)6)26(36)33-22(14-17(3)4)27(37)34-23(29(39)40)15-20-11-9-8-10-12-20/h8-12,16-19,21-24H,13-15,30H2,1-7H3,(H,31,38)(H,32,35)(H,33,36)(H,34,37)(H,39,40)/t19-,21-,22-,23-,24-/m0/s1. The van der Waals surface area contributed by atoms with E-state index in [-0.39, 0.29) is 37.0 Å². The highest BCUT2D eigenvalue weighted by molar-refractivity contribution is 5.95. The number of rotatable bonds is 16. The van der Waals surface area contributed by atoms with Gasteiger partial charge in [-0.05, 0) is 43.1 Å². The zero-order valence-electron chi connectivity index (χ0n) is 24.7. The Kier molecular flexibility index (Phi) is 14.3. The summed E-state index contributed by atoms with van der Waals surface area (Å²) in [5.74, 6) is -3.51. The zero-order valence-corrected chi connectivity index (χ0v) is 24.7. The van der Waals surface area contributed by atoms with Crippen molar-refractivity contribution in [3.63, 3.8) is 0 Å². The average Bonchev–Trinajstić information content (AvgIpc) is 2.86. The number of aliphatic carboxylic acids is 1. The molecule has 40 heavy (non-hydrogen) atoms.